The summed E-state index contributed by atoms with van der Waals surface area (Å²) in [4.78, 5) is 41.9. The zero-order valence-electron chi connectivity index (χ0n) is 16.4. The Morgan fingerprint density at radius 1 is 1.07 bits per heavy atom. The van der Waals surface area contributed by atoms with Gasteiger partial charge in [0.25, 0.3) is 0 Å². The summed E-state index contributed by atoms with van der Waals surface area (Å²) < 4.78 is 0.912. The van der Waals surface area contributed by atoms with Crippen LogP contribution in [0, 0.1) is 0 Å². The number of nitrogens with one attached hydrogen (secondary N) is 2. The first-order valence-corrected chi connectivity index (χ1v) is 10.8. The summed E-state index contributed by atoms with van der Waals surface area (Å²) in [7, 11) is 0. The van der Waals surface area contributed by atoms with Crippen LogP contribution in [-0.2, 0) is 14.4 Å². The minimum Gasteiger partial charge on any atom is -0.348 e. The number of nitrogens with zero attached hydrogens (tertiary/aromatic N) is 2. The second-order valence-corrected chi connectivity index (χ2v) is 8.41. The van der Waals surface area contributed by atoms with Crippen molar-refractivity contribution >= 4 is 50.7 Å². The van der Waals surface area contributed by atoms with Gasteiger partial charge in [-0.25, -0.2) is 0 Å². The minimum atomic E-state index is -0.762. The number of amides is 3. The van der Waals surface area contributed by atoms with Crippen LogP contribution in [0.25, 0.3) is 0 Å². The molecule has 4 rings (SSSR count). The number of carbonyl (C=O) groups excluding carboxylic acids is 3. The number of carbonyl (C=O) groups is 3. The molecule has 0 saturated carbocycles. The number of hydrogen-bond acceptors (Lipinski definition) is 4. The second kappa shape index (κ2) is 8.87. The zero-order valence-corrected chi connectivity index (χ0v) is 18.0. The number of hydrogen-bond donors (Lipinski definition) is 2. The van der Waals surface area contributed by atoms with E-state index in [1.54, 1.807) is 23.1 Å². The molecule has 156 valence electrons. The average molecular weight is 471 g/mol. The summed E-state index contributed by atoms with van der Waals surface area (Å²) in [6.07, 6.45) is 1.95. The van der Waals surface area contributed by atoms with Gasteiger partial charge in [0.05, 0.1) is 24.3 Å². The number of fused-ring (bicyclic) bond motifs is 1. The molecule has 30 heavy (non-hydrogen) atoms. The summed E-state index contributed by atoms with van der Waals surface area (Å²) in [5, 5.41) is 5.70. The fourth-order valence-electron chi connectivity index (χ4n) is 3.89. The maximum absolute atomic E-state index is 12.8. The van der Waals surface area contributed by atoms with Gasteiger partial charge in [0.1, 0.15) is 6.04 Å². The fraction of sp³-hybridized carbons (Fsp3) is 0.318. The quantitative estimate of drug-likeness (QED) is 0.702. The monoisotopic (exact) mass is 470 g/mol. The Morgan fingerprint density at radius 2 is 1.77 bits per heavy atom. The molecule has 0 bridgehead atoms. The van der Waals surface area contributed by atoms with Crippen molar-refractivity contribution in [3.63, 3.8) is 0 Å². The van der Waals surface area contributed by atoms with Crippen LogP contribution in [-0.4, -0.2) is 48.3 Å². The van der Waals surface area contributed by atoms with Crippen molar-refractivity contribution in [2.24, 2.45) is 0 Å². The normalized spacial score (nSPS) is 18.0. The van der Waals surface area contributed by atoms with Crippen LogP contribution in [0.4, 0.5) is 17.1 Å². The highest BCUT2D eigenvalue weighted by Gasteiger charge is 2.36. The van der Waals surface area contributed by atoms with Crippen molar-refractivity contribution in [2.75, 3.05) is 35.2 Å². The molecule has 0 radical (unpaired) electrons. The molecule has 1 saturated heterocycles. The van der Waals surface area contributed by atoms with Crippen LogP contribution >= 0.6 is 15.9 Å². The molecule has 2 N–H and O–H groups in total. The van der Waals surface area contributed by atoms with Crippen LogP contribution in [0.2, 0.25) is 0 Å². The summed E-state index contributed by atoms with van der Waals surface area (Å²) in [6, 6.07) is 13.8. The van der Waals surface area contributed by atoms with E-state index in [-0.39, 0.29) is 30.7 Å². The van der Waals surface area contributed by atoms with Gasteiger partial charge < -0.3 is 20.4 Å². The molecule has 3 amide bonds. The first-order valence-electron chi connectivity index (χ1n) is 10.0. The van der Waals surface area contributed by atoms with Gasteiger partial charge in [0, 0.05) is 23.2 Å². The number of rotatable bonds is 5. The summed E-state index contributed by atoms with van der Waals surface area (Å²) in [5.41, 5.74) is 2.06. The molecule has 2 aliphatic heterocycles. The average Bonchev–Trinajstić information content (AvgIpc) is 3.27. The lowest BCUT2D eigenvalue weighted by atomic mass is 10.0. The predicted octanol–water partition coefficient (Wildman–Crippen LogP) is 3.23. The van der Waals surface area contributed by atoms with Gasteiger partial charge >= 0.3 is 0 Å². The molecule has 2 heterocycles. The number of halogens is 1. The fourth-order valence-corrected chi connectivity index (χ4v) is 4.15. The SMILES string of the molecule is O=C(CC1C(=O)Nc2ccccc2N1CC(=O)N1CCCC1)Nc1ccc(Br)cc1. The summed E-state index contributed by atoms with van der Waals surface area (Å²) in [6.45, 7) is 1.56. The van der Waals surface area contributed by atoms with Crippen LogP contribution in [0.3, 0.4) is 0 Å². The molecular weight excluding hydrogens is 448 g/mol. The van der Waals surface area contributed by atoms with Crippen LogP contribution in [0.15, 0.2) is 53.0 Å². The minimum absolute atomic E-state index is 0.0182. The Labute approximate surface area is 183 Å². The molecule has 1 fully saturated rings. The highest BCUT2D eigenvalue weighted by atomic mass is 79.9. The predicted molar refractivity (Wildman–Crippen MR) is 119 cm³/mol. The first-order chi connectivity index (χ1) is 14.5. The van der Waals surface area contributed by atoms with E-state index in [4.69, 9.17) is 0 Å². The maximum atomic E-state index is 12.8. The van der Waals surface area contributed by atoms with Gasteiger partial charge in [-0.1, -0.05) is 28.1 Å². The Balaban J connectivity index is 1.54. The van der Waals surface area contributed by atoms with E-state index in [1.807, 2.05) is 35.2 Å². The van der Waals surface area contributed by atoms with E-state index >= 15 is 0 Å². The molecule has 8 heteroatoms. The van der Waals surface area contributed by atoms with E-state index in [1.165, 1.54) is 0 Å². The smallest absolute Gasteiger partial charge is 0.247 e. The van der Waals surface area contributed by atoms with Crippen LogP contribution < -0.4 is 15.5 Å². The number of para-hydroxylation sites is 2. The van der Waals surface area contributed by atoms with E-state index in [9.17, 15) is 14.4 Å². The van der Waals surface area contributed by atoms with Crippen molar-refractivity contribution in [1.29, 1.82) is 0 Å². The van der Waals surface area contributed by atoms with Gasteiger partial charge in [-0.2, -0.15) is 0 Å². The third-order valence-electron chi connectivity index (χ3n) is 5.42. The second-order valence-electron chi connectivity index (χ2n) is 7.50. The van der Waals surface area contributed by atoms with Crippen molar-refractivity contribution in [1.82, 2.24) is 4.90 Å². The standard InChI is InChI=1S/C22H23BrN4O3/c23-15-7-9-16(10-8-15)24-20(28)13-19-22(30)25-17-5-1-2-6-18(17)27(19)14-21(29)26-11-3-4-12-26/h1-2,5-10,19H,3-4,11-14H2,(H,24,28)(H,25,30). The van der Waals surface area contributed by atoms with E-state index in [2.05, 4.69) is 26.6 Å². The van der Waals surface area contributed by atoms with Crippen molar-refractivity contribution in [3.05, 3.63) is 53.0 Å². The van der Waals surface area contributed by atoms with Gasteiger partial charge in [0.2, 0.25) is 17.7 Å². The number of likely N-dealkylation sites (tertiary alicyclic amines) is 1. The van der Waals surface area contributed by atoms with Gasteiger partial charge in [0.15, 0.2) is 0 Å². The summed E-state index contributed by atoms with van der Waals surface area (Å²) >= 11 is 3.36. The maximum Gasteiger partial charge on any atom is 0.247 e. The molecular formula is C22H23BrN4O3. The molecule has 1 atom stereocenters. The van der Waals surface area contributed by atoms with Gasteiger partial charge in [-0.15, -0.1) is 0 Å². The molecule has 2 aromatic rings. The Morgan fingerprint density at radius 3 is 2.50 bits per heavy atom. The van der Waals surface area contributed by atoms with E-state index < -0.39 is 6.04 Å². The molecule has 7 nitrogen and oxygen atoms in total. The van der Waals surface area contributed by atoms with Crippen LogP contribution in [0.1, 0.15) is 19.3 Å². The van der Waals surface area contributed by atoms with Crippen molar-refractivity contribution in [2.45, 2.75) is 25.3 Å². The van der Waals surface area contributed by atoms with Crippen molar-refractivity contribution < 1.29 is 14.4 Å². The number of anilines is 3. The lowest BCUT2D eigenvalue weighted by Crippen LogP contribution is -2.53. The molecule has 0 aliphatic carbocycles. The highest BCUT2D eigenvalue weighted by molar-refractivity contribution is 9.10. The molecule has 0 spiro atoms. The van der Waals surface area contributed by atoms with E-state index in [0.717, 1.165) is 36.1 Å². The summed E-state index contributed by atoms with van der Waals surface area (Å²) in [5.74, 6) is -0.584. The Kier molecular flexibility index (Phi) is 6.03. The first kappa shape index (κ1) is 20.4. The number of benzene rings is 2. The van der Waals surface area contributed by atoms with Gasteiger partial charge in [-0.05, 0) is 49.2 Å². The van der Waals surface area contributed by atoms with E-state index in [0.29, 0.717) is 11.4 Å². The molecule has 2 aromatic carbocycles. The topological polar surface area (TPSA) is 81.8 Å². The van der Waals surface area contributed by atoms with Crippen molar-refractivity contribution in [3.8, 4) is 0 Å². The highest BCUT2D eigenvalue weighted by Crippen LogP contribution is 2.33. The molecule has 1 unspecified atom stereocenters. The lowest BCUT2D eigenvalue weighted by Gasteiger charge is -2.38. The Bertz CT molecular complexity index is 957. The largest absolute Gasteiger partial charge is 0.348 e. The Hall–Kier alpha value is -2.87. The molecule has 0 aromatic heterocycles. The third kappa shape index (κ3) is 4.48. The van der Waals surface area contributed by atoms with Gasteiger partial charge in [-0.3, -0.25) is 14.4 Å². The third-order valence-corrected chi connectivity index (χ3v) is 5.95. The molecule has 2 aliphatic rings. The lowest BCUT2D eigenvalue weighted by molar-refractivity contribution is -0.129. The van der Waals surface area contributed by atoms with Crippen LogP contribution in [0.5, 0.6) is 0 Å². The zero-order chi connectivity index (χ0) is 21.1.